The van der Waals surface area contributed by atoms with Crippen LogP contribution in [0.5, 0.6) is 0 Å². The molecule has 2 heterocycles. The van der Waals surface area contributed by atoms with E-state index in [4.69, 9.17) is 0 Å². The van der Waals surface area contributed by atoms with Gasteiger partial charge in [0.05, 0.1) is 5.69 Å². The van der Waals surface area contributed by atoms with Crippen molar-refractivity contribution in [1.29, 1.82) is 0 Å². The summed E-state index contributed by atoms with van der Waals surface area (Å²) in [6.45, 7) is 4.46. The Morgan fingerprint density at radius 1 is 1.62 bits per heavy atom. The lowest BCUT2D eigenvalue weighted by Gasteiger charge is -2.23. The number of aryl methyl sites for hydroxylation is 1. The second-order valence-electron chi connectivity index (χ2n) is 3.73. The summed E-state index contributed by atoms with van der Waals surface area (Å²) in [5, 5.41) is 0. The third kappa shape index (κ3) is 1.43. The van der Waals surface area contributed by atoms with E-state index in [1.165, 1.54) is 30.8 Å². The number of hydrogen-bond acceptors (Lipinski definition) is 1. The molecular formula is C10H15BrN2. The van der Waals surface area contributed by atoms with Gasteiger partial charge in [-0.05, 0) is 42.1 Å². The first-order valence-electron chi connectivity index (χ1n) is 4.99. The average Bonchev–Trinajstić information content (AvgIpc) is 2.45. The van der Waals surface area contributed by atoms with Crippen molar-refractivity contribution in [2.24, 2.45) is 0 Å². The van der Waals surface area contributed by atoms with E-state index in [0.29, 0.717) is 6.04 Å². The van der Waals surface area contributed by atoms with Crippen LogP contribution in [0.1, 0.15) is 44.2 Å². The van der Waals surface area contributed by atoms with Crippen LogP contribution in [0, 0.1) is 0 Å². The zero-order valence-electron chi connectivity index (χ0n) is 8.18. The molecule has 2 nitrogen and oxygen atoms in total. The molecule has 1 aliphatic heterocycles. The number of hydrogen-bond donors (Lipinski definition) is 0. The second kappa shape index (κ2) is 3.45. The first-order chi connectivity index (χ1) is 6.24. The molecule has 0 saturated heterocycles. The third-order valence-electron chi connectivity index (χ3n) is 2.83. The Bertz CT molecular complexity index is 317. The molecule has 0 spiro atoms. The van der Waals surface area contributed by atoms with Crippen molar-refractivity contribution in [1.82, 2.24) is 9.55 Å². The number of imidazole rings is 1. The van der Waals surface area contributed by atoms with Gasteiger partial charge in [-0.25, -0.2) is 4.98 Å². The van der Waals surface area contributed by atoms with E-state index < -0.39 is 0 Å². The molecule has 0 fully saturated rings. The Labute approximate surface area is 87.5 Å². The van der Waals surface area contributed by atoms with Gasteiger partial charge < -0.3 is 4.57 Å². The van der Waals surface area contributed by atoms with E-state index in [0.717, 1.165) is 11.0 Å². The molecule has 0 radical (unpaired) electrons. The summed E-state index contributed by atoms with van der Waals surface area (Å²) in [4.78, 5) is 4.54. The fourth-order valence-electron chi connectivity index (χ4n) is 2.17. The fourth-order valence-corrected chi connectivity index (χ4v) is 2.77. The van der Waals surface area contributed by atoms with Gasteiger partial charge in [-0.2, -0.15) is 0 Å². The second-order valence-corrected chi connectivity index (χ2v) is 4.48. The van der Waals surface area contributed by atoms with Gasteiger partial charge in [-0.1, -0.05) is 6.92 Å². The van der Waals surface area contributed by atoms with E-state index in [9.17, 15) is 0 Å². The van der Waals surface area contributed by atoms with Crippen LogP contribution in [0.15, 0.2) is 4.60 Å². The van der Waals surface area contributed by atoms with Gasteiger partial charge in [0.1, 0.15) is 10.4 Å². The average molecular weight is 243 g/mol. The molecule has 0 aromatic carbocycles. The highest BCUT2D eigenvalue weighted by Gasteiger charge is 2.21. The first kappa shape index (κ1) is 9.25. The summed E-state index contributed by atoms with van der Waals surface area (Å²) < 4.78 is 3.48. The van der Waals surface area contributed by atoms with Crippen molar-refractivity contribution in [2.45, 2.75) is 45.6 Å². The quantitative estimate of drug-likeness (QED) is 0.741. The maximum atomic E-state index is 4.54. The molecule has 0 bridgehead atoms. The van der Waals surface area contributed by atoms with Crippen molar-refractivity contribution in [3.63, 3.8) is 0 Å². The maximum absolute atomic E-state index is 4.54. The van der Waals surface area contributed by atoms with Gasteiger partial charge in [0.15, 0.2) is 0 Å². The monoisotopic (exact) mass is 242 g/mol. The van der Waals surface area contributed by atoms with Crippen molar-refractivity contribution < 1.29 is 0 Å². The van der Waals surface area contributed by atoms with Gasteiger partial charge in [-0.3, -0.25) is 0 Å². The predicted octanol–water partition coefficient (Wildman–Crippen LogP) is 3.11. The summed E-state index contributed by atoms with van der Waals surface area (Å²) >= 11 is 3.54. The van der Waals surface area contributed by atoms with Crippen LogP contribution in [0.2, 0.25) is 0 Å². The molecule has 1 aromatic rings. The number of aromatic nitrogens is 2. The Morgan fingerprint density at radius 3 is 3.08 bits per heavy atom. The van der Waals surface area contributed by atoms with Crippen LogP contribution in [-0.2, 0) is 12.8 Å². The molecular weight excluding hydrogens is 228 g/mol. The Balaban J connectivity index is 2.52. The lowest BCUT2D eigenvalue weighted by Crippen LogP contribution is -2.17. The summed E-state index contributed by atoms with van der Waals surface area (Å²) in [7, 11) is 0. The lowest BCUT2D eigenvalue weighted by molar-refractivity contribution is 0.419. The summed E-state index contributed by atoms with van der Waals surface area (Å²) in [6, 6.07) is 0.637. The molecule has 0 N–H and O–H groups in total. The van der Waals surface area contributed by atoms with Crippen LogP contribution < -0.4 is 0 Å². The van der Waals surface area contributed by atoms with Crippen molar-refractivity contribution in [3.05, 3.63) is 16.1 Å². The van der Waals surface area contributed by atoms with Gasteiger partial charge in [0.25, 0.3) is 0 Å². The standard InChI is InChI=1S/C10H15BrN2/c1-3-9-12-10(11)8-6-4-5-7(2)13(8)9/h7H,3-6H2,1-2H3. The normalized spacial score (nSPS) is 21.6. The number of halogens is 1. The maximum Gasteiger partial charge on any atom is 0.127 e. The molecule has 3 heteroatoms. The van der Waals surface area contributed by atoms with Gasteiger partial charge in [-0.15, -0.1) is 0 Å². The highest BCUT2D eigenvalue weighted by atomic mass is 79.9. The Kier molecular flexibility index (Phi) is 2.45. The smallest absolute Gasteiger partial charge is 0.127 e. The Morgan fingerprint density at radius 2 is 2.38 bits per heavy atom. The van der Waals surface area contributed by atoms with Gasteiger partial charge >= 0.3 is 0 Å². The summed E-state index contributed by atoms with van der Waals surface area (Å²) in [5.41, 5.74) is 1.40. The highest BCUT2D eigenvalue weighted by Crippen LogP contribution is 2.31. The van der Waals surface area contributed by atoms with Crippen molar-refractivity contribution in [2.75, 3.05) is 0 Å². The minimum absolute atomic E-state index is 0.637. The number of nitrogens with zero attached hydrogens (tertiary/aromatic N) is 2. The van der Waals surface area contributed by atoms with Crippen LogP contribution in [0.3, 0.4) is 0 Å². The van der Waals surface area contributed by atoms with E-state index in [1.54, 1.807) is 0 Å². The molecule has 1 aromatic heterocycles. The molecule has 0 saturated carbocycles. The summed E-state index contributed by atoms with van der Waals surface area (Å²) in [6.07, 6.45) is 4.80. The summed E-state index contributed by atoms with van der Waals surface area (Å²) in [5.74, 6) is 1.23. The van der Waals surface area contributed by atoms with Crippen LogP contribution in [0.25, 0.3) is 0 Å². The third-order valence-corrected chi connectivity index (χ3v) is 3.46. The first-order valence-corrected chi connectivity index (χ1v) is 5.78. The number of fused-ring (bicyclic) bond motifs is 1. The van der Waals surface area contributed by atoms with E-state index in [2.05, 4.69) is 39.3 Å². The SMILES string of the molecule is CCc1nc(Br)c2n1C(C)CCC2. The van der Waals surface area contributed by atoms with E-state index >= 15 is 0 Å². The van der Waals surface area contributed by atoms with Crippen LogP contribution in [0.4, 0.5) is 0 Å². The van der Waals surface area contributed by atoms with Gasteiger partial charge in [0, 0.05) is 12.5 Å². The molecule has 13 heavy (non-hydrogen) atoms. The zero-order chi connectivity index (χ0) is 9.42. The minimum atomic E-state index is 0.637. The van der Waals surface area contributed by atoms with Crippen LogP contribution >= 0.6 is 15.9 Å². The topological polar surface area (TPSA) is 17.8 Å². The van der Waals surface area contributed by atoms with E-state index in [-0.39, 0.29) is 0 Å². The molecule has 2 rings (SSSR count). The predicted molar refractivity (Wildman–Crippen MR) is 57.0 cm³/mol. The highest BCUT2D eigenvalue weighted by molar-refractivity contribution is 9.10. The molecule has 1 aliphatic rings. The van der Waals surface area contributed by atoms with Crippen molar-refractivity contribution >= 4 is 15.9 Å². The largest absolute Gasteiger partial charge is 0.328 e. The molecule has 1 unspecified atom stereocenters. The van der Waals surface area contributed by atoms with E-state index in [1.807, 2.05) is 0 Å². The minimum Gasteiger partial charge on any atom is -0.328 e. The van der Waals surface area contributed by atoms with Crippen LogP contribution in [-0.4, -0.2) is 9.55 Å². The van der Waals surface area contributed by atoms with Gasteiger partial charge in [0.2, 0.25) is 0 Å². The molecule has 0 aliphatic carbocycles. The Hall–Kier alpha value is -0.310. The molecule has 0 amide bonds. The van der Waals surface area contributed by atoms with Crippen molar-refractivity contribution in [3.8, 4) is 0 Å². The lowest BCUT2D eigenvalue weighted by atomic mass is 10.0. The fraction of sp³-hybridized carbons (Fsp3) is 0.700. The molecule has 72 valence electrons. The number of rotatable bonds is 1. The molecule has 1 atom stereocenters. The zero-order valence-corrected chi connectivity index (χ0v) is 9.76.